The Labute approximate surface area is 165 Å². The van der Waals surface area contributed by atoms with Crippen molar-refractivity contribution in [1.82, 2.24) is 24.9 Å². The van der Waals surface area contributed by atoms with Gasteiger partial charge in [-0.3, -0.25) is 14.7 Å². The normalized spacial score (nSPS) is 18.1. The number of likely N-dealkylation sites (tertiary alicyclic amines) is 1. The number of halogens is 1. The van der Waals surface area contributed by atoms with Crippen molar-refractivity contribution in [3.8, 4) is 11.1 Å². The van der Waals surface area contributed by atoms with Crippen LogP contribution in [0.4, 0.5) is 0 Å². The van der Waals surface area contributed by atoms with E-state index in [2.05, 4.69) is 57.5 Å². The minimum atomic E-state index is 0.456. The molecule has 6 heteroatoms. The van der Waals surface area contributed by atoms with Crippen molar-refractivity contribution in [3.63, 3.8) is 0 Å². The molecule has 0 radical (unpaired) electrons. The van der Waals surface area contributed by atoms with Gasteiger partial charge in [-0.05, 0) is 31.4 Å². The van der Waals surface area contributed by atoms with Crippen LogP contribution in [0, 0.1) is 0 Å². The maximum Gasteiger partial charge on any atom is 0.131 e. The molecule has 3 heterocycles. The average molecular weight is 384 g/mol. The second-order valence-electron chi connectivity index (χ2n) is 7.33. The highest BCUT2D eigenvalue weighted by Crippen LogP contribution is 2.34. The van der Waals surface area contributed by atoms with Gasteiger partial charge in [0.05, 0.1) is 11.9 Å². The van der Waals surface area contributed by atoms with Gasteiger partial charge in [-0.25, -0.2) is 0 Å². The van der Waals surface area contributed by atoms with E-state index in [-0.39, 0.29) is 0 Å². The summed E-state index contributed by atoms with van der Waals surface area (Å²) in [5.74, 6) is 0.456. The highest BCUT2D eigenvalue weighted by Gasteiger charge is 2.26. The summed E-state index contributed by atoms with van der Waals surface area (Å²) >= 11 is 6.51. The van der Waals surface area contributed by atoms with Crippen molar-refractivity contribution >= 4 is 11.6 Å². The molecule has 142 valence electrons. The number of nitrogens with one attached hydrogen (secondary N) is 1. The van der Waals surface area contributed by atoms with Crippen LogP contribution in [-0.4, -0.2) is 38.0 Å². The van der Waals surface area contributed by atoms with Crippen LogP contribution < -0.4 is 0 Å². The quantitative estimate of drug-likeness (QED) is 0.710. The minimum Gasteiger partial charge on any atom is -0.298 e. The maximum absolute atomic E-state index is 6.51. The summed E-state index contributed by atoms with van der Waals surface area (Å²) in [5, 5.41) is 12.9. The van der Waals surface area contributed by atoms with E-state index in [9.17, 15) is 0 Å². The summed E-state index contributed by atoms with van der Waals surface area (Å²) in [6.07, 6.45) is 5.22. The number of aromatic amines is 1. The molecular weight excluding hydrogens is 358 g/mol. The number of aromatic nitrogens is 4. The van der Waals surface area contributed by atoms with Gasteiger partial charge in [0.15, 0.2) is 0 Å². The van der Waals surface area contributed by atoms with Crippen molar-refractivity contribution in [2.75, 3.05) is 13.1 Å². The Morgan fingerprint density at radius 1 is 1.26 bits per heavy atom. The molecule has 27 heavy (non-hydrogen) atoms. The summed E-state index contributed by atoms with van der Waals surface area (Å²) < 4.78 is 1.79. The third-order valence-corrected chi connectivity index (χ3v) is 6.01. The van der Waals surface area contributed by atoms with E-state index >= 15 is 0 Å². The molecule has 1 atom stereocenters. The number of benzene rings is 1. The Morgan fingerprint density at radius 3 is 2.85 bits per heavy atom. The number of hydrogen-bond acceptors (Lipinski definition) is 3. The van der Waals surface area contributed by atoms with Crippen LogP contribution in [0.1, 0.15) is 42.6 Å². The van der Waals surface area contributed by atoms with E-state index in [1.54, 1.807) is 4.68 Å². The fraction of sp³-hybridized carbons (Fsp3) is 0.429. The fourth-order valence-electron chi connectivity index (χ4n) is 4.15. The molecule has 3 aromatic rings. The predicted molar refractivity (Wildman–Crippen MR) is 109 cm³/mol. The molecule has 1 N–H and O–H groups in total. The van der Waals surface area contributed by atoms with E-state index in [0.29, 0.717) is 5.92 Å². The molecule has 4 rings (SSSR count). The van der Waals surface area contributed by atoms with Crippen LogP contribution in [0.5, 0.6) is 0 Å². The van der Waals surface area contributed by atoms with Crippen LogP contribution in [0.3, 0.4) is 0 Å². The molecule has 2 aromatic heterocycles. The lowest BCUT2D eigenvalue weighted by Gasteiger charge is -2.32. The van der Waals surface area contributed by atoms with Gasteiger partial charge in [0.2, 0.25) is 0 Å². The minimum absolute atomic E-state index is 0.456. The van der Waals surface area contributed by atoms with Gasteiger partial charge < -0.3 is 0 Å². The number of piperidine rings is 1. The van der Waals surface area contributed by atoms with Gasteiger partial charge in [-0.1, -0.05) is 48.9 Å². The van der Waals surface area contributed by atoms with Crippen LogP contribution in [-0.2, 0) is 20.0 Å². The lowest BCUT2D eigenvalue weighted by Crippen LogP contribution is -2.34. The molecule has 0 bridgehead atoms. The van der Waals surface area contributed by atoms with Gasteiger partial charge in [0.25, 0.3) is 0 Å². The van der Waals surface area contributed by atoms with Gasteiger partial charge in [-0.2, -0.15) is 10.2 Å². The number of aryl methyl sites for hydroxylation is 2. The molecule has 1 saturated heterocycles. The first-order valence-electron chi connectivity index (χ1n) is 9.68. The van der Waals surface area contributed by atoms with Crippen molar-refractivity contribution < 1.29 is 0 Å². The van der Waals surface area contributed by atoms with Crippen molar-refractivity contribution in [2.45, 2.75) is 38.6 Å². The summed E-state index contributed by atoms with van der Waals surface area (Å²) in [7, 11) is 1.92. The summed E-state index contributed by atoms with van der Waals surface area (Å²) in [5.41, 5.74) is 5.98. The lowest BCUT2D eigenvalue weighted by atomic mass is 9.90. The van der Waals surface area contributed by atoms with Crippen LogP contribution in [0.15, 0.2) is 36.5 Å². The van der Waals surface area contributed by atoms with E-state index in [1.165, 1.54) is 35.2 Å². The number of hydrogen-bond donors (Lipinski definition) is 1. The fourth-order valence-corrected chi connectivity index (χ4v) is 4.36. The van der Waals surface area contributed by atoms with Crippen LogP contribution in [0.25, 0.3) is 11.1 Å². The molecule has 1 aliphatic heterocycles. The molecule has 1 aromatic carbocycles. The molecule has 1 aliphatic rings. The largest absolute Gasteiger partial charge is 0.298 e. The highest BCUT2D eigenvalue weighted by atomic mass is 35.5. The van der Waals surface area contributed by atoms with Crippen molar-refractivity contribution in [1.29, 1.82) is 0 Å². The summed E-state index contributed by atoms with van der Waals surface area (Å²) in [6.45, 7) is 5.11. The van der Waals surface area contributed by atoms with Crippen LogP contribution >= 0.6 is 11.6 Å². The molecule has 5 nitrogen and oxygen atoms in total. The highest BCUT2D eigenvalue weighted by molar-refractivity contribution is 6.30. The Bertz CT molecular complexity index is 899. The molecule has 0 amide bonds. The smallest absolute Gasteiger partial charge is 0.131 e. The Morgan fingerprint density at radius 2 is 2.07 bits per heavy atom. The number of nitrogens with zero attached hydrogens (tertiary/aromatic N) is 4. The second-order valence-corrected chi connectivity index (χ2v) is 7.69. The van der Waals surface area contributed by atoms with E-state index in [0.717, 1.165) is 36.9 Å². The zero-order chi connectivity index (χ0) is 18.8. The van der Waals surface area contributed by atoms with E-state index < -0.39 is 0 Å². The molecular formula is C21H26ClN5. The topological polar surface area (TPSA) is 49.7 Å². The van der Waals surface area contributed by atoms with Gasteiger partial charge in [0.1, 0.15) is 5.15 Å². The maximum atomic E-state index is 6.51. The summed E-state index contributed by atoms with van der Waals surface area (Å²) in [6, 6.07) is 10.5. The average Bonchev–Trinajstić information content (AvgIpc) is 3.29. The van der Waals surface area contributed by atoms with Gasteiger partial charge in [0, 0.05) is 42.9 Å². The Hall–Kier alpha value is -2.11. The Kier molecular flexibility index (Phi) is 5.32. The summed E-state index contributed by atoms with van der Waals surface area (Å²) in [4.78, 5) is 2.51. The predicted octanol–water partition coefficient (Wildman–Crippen LogP) is 4.41. The van der Waals surface area contributed by atoms with Gasteiger partial charge in [-0.15, -0.1) is 0 Å². The van der Waals surface area contributed by atoms with Crippen LogP contribution in [0.2, 0.25) is 5.15 Å². The SMILES string of the molecule is CCc1nn(C)c(Cl)c1CN1CCC[C@H](c2[nH]ncc2-c2ccccc2)C1. The zero-order valence-corrected chi connectivity index (χ0v) is 16.7. The first kappa shape index (κ1) is 18.3. The molecule has 0 aliphatic carbocycles. The second kappa shape index (κ2) is 7.87. The zero-order valence-electron chi connectivity index (χ0n) is 16.0. The third kappa shape index (κ3) is 3.66. The first-order valence-corrected chi connectivity index (χ1v) is 10.1. The number of H-pyrrole nitrogens is 1. The standard InChI is InChI=1S/C21H26ClN5/c1-3-19-18(21(22)26(2)25-19)14-27-11-7-10-16(13-27)20-17(12-23-24-20)15-8-5-4-6-9-15/h4-6,8-9,12,16H,3,7,10-11,13-14H2,1-2H3,(H,23,24)/t16-/m0/s1. The van der Waals surface area contributed by atoms with E-state index in [4.69, 9.17) is 11.6 Å². The monoisotopic (exact) mass is 383 g/mol. The van der Waals surface area contributed by atoms with Crippen molar-refractivity contribution in [3.05, 3.63) is 58.6 Å². The Balaban J connectivity index is 1.54. The molecule has 0 spiro atoms. The molecule has 0 unspecified atom stereocenters. The number of rotatable bonds is 5. The third-order valence-electron chi connectivity index (χ3n) is 5.54. The van der Waals surface area contributed by atoms with Gasteiger partial charge >= 0.3 is 0 Å². The molecule has 0 saturated carbocycles. The first-order chi connectivity index (χ1) is 13.2. The molecule has 1 fully saturated rings. The van der Waals surface area contributed by atoms with Crippen molar-refractivity contribution in [2.24, 2.45) is 7.05 Å². The lowest BCUT2D eigenvalue weighted by molar-refractivity contribution is 0.198. The van der Waals surface area contributed by atoms with E-state index in [1.807, 2.05) is 13.2 Å².